The van der Waals surface area contributed by atoms with Crippen molar-refractivity contribution < 1.29 is 9.21 Å². The summed E-state index contributed by atoms with van der Waals surface area (Å²) in [7, 11) is 0. The van der Waals surface area contributed by atoms with Gasteiger partial charge in [0.25, 0.3) is 5.56 Å². The van der Waals surface area contributed by atoms with Crippen LogP contribution in [-0.4, -0.2) is 27.2 Å². The van der Waals surface area contributed by atoms with Crippen LogP contribution in [0.4, 0.5) is 0 Å². The van der Waals surface area contributed by atoms with Crippen LogP contribution in [0.25, 0.3) is 22.0 Å². The number of furan rings is 1. The Balaban J connectivity index is 1.37. The smallest absolute Gasteiger partial charge is 0.267 e. The summed E-state index contributed by atoms with van der Waals surface area (Å²) in [4.78, 5) is 29.4. The lowest BCUT2D eigenvalue weighted by Crippen LogP contribution is -2.37. The number of thiazole rings is 1. The highest BCUT2D eigenvalue weighted by atomic mass is 32.1. The van der Waals surface area contributed by atoms with E-state index in [9.17, 15) is 9.59 Å². The molecular formula is C22H20N4O3S. The maximum Gasteiger partial charge on any atom is 0.267 e. The van der Waals surface area contributed by atoms with Crippen molar-refractivity contribution in [1.82, 2.24) is 20.1 Å². The van der Waals surface area contributed by atoms with Gasteiger partial charge in [-0.1, -0.05) is 30.3 Å². The summed E-state index contributed by atoms with van der Waals surface area (Å²) < 4.78 is 6.49. The number of carbonyl (C=O) groups is 1. The van der Waals surface area contributed by atoms with Crippen LogP contribution in [0.1, 0.15) is 18.7 Å². The van der Waals surface area contributed by atoms with Crippen LogP contribution in [0.15, 0.2) is 75.5 Å². The highest BCUT2D eigenvalue weighted by Crippen LogP contribution is 2.23. The summed E-state index contributed by atoms with van der Waals surface area (Å²) in [6.07, 6.45) is 2.14. The number of rotatable bonds is 7. The molecule has 8 heteroatoms. The van der Waals surface area contributed by atoms with E-state index in [2.05, 4.69) is 15.4 Å². The van der Waals surface area contributed by atoms with Crippen molar-refractivity contribution in [3.63, 3.8) is 0 Å². The first kappa shape index (κ1) is 19.8. The number of hydrogen-bond acceptors (Lipinski definition) is 6. The van der Waals surface area contributed by atoms with Crippen molar-refractivity contribution in [2.45, 2.75) is 19.4 Å². The molecule has 1 amide bonds. The second kappa shape index (κ2) is 8.87. The van der Waals surface area contributed by atoms with Crippen LogP contribution < -0.4 is 10.9 Å². The number of benzene rings is 1. The summed E-state index contributed by atoms with van der Waals surface area (Å²) >= 11 is 1.58. The molecule has 3 aromatic heterocycles. The lowest BCUT2D eigenvalue weighted by molar-refractivity contribution is -0.124. The first-order valence-electron chi connectivity index (χ1n) is 9.53. The first-order valence-corrected chi connectivity index (χ1v) is 10.4. The molecule has 1 unspecified atom stereocenters. The Labute approximate surface area is 177 Å². The van der Waals surface area contributed by atoms with Crippen molar-refractivity contribution in [3.8, 4) is 22.0 Å². The molecule has 3 heterocycles. The molecule has 152 valence electrons. The molecule has 0 aliphatic heterocycles. The number of aromatic nitrogens is 3. The molecule has 1 atom stereocenters. The Morgan fingerprint density at radius 2 is 2.00 bits per heavy atom. The fraction of sp³-hybridized carbons (Fsp3) is 0.182. The van der Waals surface area contributed by atoms with Crippen molar-refractivity contribution in [3.05, 3.63) is 82.3 Å². The molecule has 0 radical (unpaired) electrons. The summed E-state index contributed by atoms with van der Waals surface area (Å²) in [5, 5.41) is 10.1. The van der Waals surface area contributed by atoms with Gasteiger partial charge in [0.2, 0.25) is 5.91 Å². The Morgan fingerprint density at radius 1 is 1.17 bits per heavy atom. The number of nitrogens with one attached hydrogen (secondary N) is 1. The molecule has 4 aromatic rings. The Kier molecular flexibility index (Phi) is 5.85. The molecule has 0 fully saturated rings. The number of hydrogen-bond donors (Lipinski definition) is 1. The van der Waals surface area contributed by atoms with Crippen LogP contribution in [0.5, 0.6) is 0 Å². The number of nitrogens with zero attached hydrogens (tertiary/aromatic N) is 3. The van der Waals surface area contributed by atoms with Gasteiger partial charge in [-0.05, 0) is 25.1 Å². The predicted molar refractivity (Wildman–Crippen MR) is 115 cm³/mol. The molecule has 0 saturated carbocycles. The van der Waals surface area contributed by atoms with E-state index in [-0.39, 0.29) is 11.5 Å². The highest BCUT2D eigenvalue weighted by Gasteiger charge is 2.18. The van der Waals surface area contributed by atoms with Gasteiger partial charge in [-0.2, -0.15) is 5.10 Å². The zero-order valence-electron chi connectivity index (χ0n) is 16.3. The third-order valence-electron chi connectivity index (χ3n) is 4.60. The van der Waals surface area contributed by atoms with Gasteiger partial charge in [0.05, 0.1) is 12.0 Å². The zero-order valence-corrected chi connectivity index (χ0v) is 17.1. The number of carbonyl (C=O) groups excluding carboxylic acids is 1. The van der Waals surface area contributed by atoms with Gasteiger partial charge in [-0.25, -0.2) is 9.67 Å². The second-order valence-electron chi connectivity index (χ2n) is 6.71. The molecule has 4 rings (SSSR count). The van der Waals surface area contributed by atoms with Gasteiger partial charge in [0, 0.05) is 30.0 Å². The van der Waals surface area contributed by atoms with Gasteiger partial charge in [-0.3, -0.25) is 9.59 Å². The Bertz CT molecular complexity index is 1180. The molecule has 1 N–H and O–H groups in total. The minimum Gasteiger partial charge on any atom is -0.463 e. The van der Waals surface area contributed by atoms with E-state index in [0.717, 1.165) is 16.3 Å². The average molecular weight is 420 g/mol. The molecule has 1 aromatic carbocycles. The lowest BCUT2D eigenvalue weighted by atomic mass is 10.2. The molecule has 30 heavy (non-hydrogen) atoms. The summed E-state index contributed by atoms with van der Waals surface area (Å²) in [6, 6.07) is 15.7. The largest absolute Gasteiger partial charge is 0.463 e. The minimum absolute atomic E-state index is 0.278. The molecular weight excluding hydrogens is 400 g/mol. The molecule has 0 spiro atoms. The lowest BCUT2D eigenvalue weighted by Gasteiger charge is -2.14. The molecule has 0 aliphatic carbocycles. The van der Waals surface area contributed by atoms with E-state index in [1.165, 1.54) is 17.0 Å². The Hall–Kier alpha value is -3.52. The van der Waals surface area contributed by atoms with Gasteiger partial charge in [-0.15, -0.1) is 11.3 Å². The Morgan fingerprint density at radius 3 is 2.77 bits per heavy atom. The SMILES string of the molecule is CC(C(=O)NCCc1csc(-c2ccccc2)n1)n1nc(-c2ccco2)ccc1=O. The predicted octanol–water partition coefficient (Wildman–Crippen LogP) is 3.55. The molecule has 0 saturated heterocycles. The fourth-order valence-corrected chi connectivity index (χ4v) is 3.83. The standard InChI is InChI=1S/C22H20N4O3S/c1-15(26-20(27)10-9-18(25-26)19-8-5-13-29-19)21(28)23-12-11-17-14-30-22(24-17)16-6-3-2-4-7-16/h2-10,13-15H,11-12H2,1H3,(H,23,28). The molecule has 7 nitrogen and oxygen atoms in total. The normalized spacial score (nSPS) is 11.9. The van der Waals surface area contributed by atoms with E-state index in [4.69, 9.17) is 4.42 Å². The van der Waals surface area contributed by atoms with Gasteiger partial charge >= 0.3 is 0 Å². The maximum atomic E-state index is 12.6. The number of amides is 1. The van der Waals surface area contributed by atoms with Crippen LogP contribution >= 0.6 is 11.3 Å². The third kappa shape index (κ3) is 4.38. The molecule has 0 bridgehead atoms. The van der Waals surface area contributed by atoms with Crippen molar-refractivity contribution >= 4 is 17.2 Å². The monoisotopic (exact) mass is 420 g/mol. The van der Waals surface area contributed by atoms with E-state index in [0.29, 0.717) is 24.4 Å². The van der Waals surface area contributed by atoms with Crippen LogP contribution in [0.3, 0.4) is 0 Å². The summed E-state index contributed by atoms with van der Waals surface area (Å²) in [5.74, 6) is 0.258. The second-order valence-corrected chi connectivity index (χ2v) is 7.56. The summed E-state index contributed by atoms with van der Waals surface area (Å²) in [6.45, 7) is 2.07. The summed E-state index contributed by atoms with van der Waals surface area (Å²) in [5.41, 5.74) is 2.14. The quantitative estimate of drug-likeness (QED) is 0.494. The topological polar surface area (TPSA) is 90.0 Å². The van der Waals surface area contributed by atoms with Gasteiger partial charge in [0.1, 0.15) is 16.7 Å². The van der Waals surface area contributed by atoms with Crippen molar-refractivity contribution in [2.75, 3.05) is 6.54 Å². The van der Waals surface area contributed by atoms with Crippen molar-refractivity contribution in [2.24, 2.45) is 0 Å². The minimum atomic E-state index is -0.747. The van der Waals surface area contributed by atoms with E-state index < -0.39 is 6.04 Å². The van der Waals surface area contributed by atoms with E-state index in [1.807, 2.05) is 35.7 Å². The highest BCUT2D eigenvalue weighted by molar-refractivity contribution is 7.13. The maximum absolute atomic E-state index is 12.6. The van der Waals surface area contributed by atoms with Gasteiger partial charge in [0.15, 0.2) is 5.76 Å². The van der Waals surface area contributed by atoms with Crippen molar-refractivity contribution in [1.29, 1.82) is 0 Å². The zero-order chi connectivity index (χ0) is 20.9. The van der Waals surface area contributed by atoms with Gasteiger partial charge < -0.3 is 9.73 Å². The van der Waals surface area contributed by atoms with E-state index >= 15 is 0 Å². The van der Waals surface area contributed by atoms with Crippen LogP contribution in [0.2, 0.25) is 0 Å². The molecule has 0 aliphatic rings. The van der Waals surface area contributed by atoms with Crippen LogP contribution in [-0.2, 0) is 11.2 Å². The van der Waals surface area contributed by atoms with Crippen LogP contribution in [0, 0.1) is 0 Å². The first-order chi connectivity index (χ1) is 14.6. The average Bonchev–Trinajstić information content (AvgIpc) is 3.47. The van der Waals surface area contributed by atoms with E-state index in [1.54, 1.807) is 36.5 Å². The fourth-order valence-electron chi connectivity index (χ4n) is 2.97. The third-order valence-corrected chi connectivity index (χ3v) is 5.54.